The van der Waals surface area contributed by atoms with Gasteiger partial charge in [-0.3, -0.25) is 14.6 Å². The molecule has 1 saturated carbocycles. The summed E-state index contributed by atoms with van der Waals surface area (Å²) < 4.78 is 0. The Kier molecular flexibility index (Phi) is 4.32. The zero-order chi connectivity index (χ0) is 17.3. The van der Waals surface area contributed by atoms with Gasteiger partial charge in [-0.15, -0.1) is 0 Å². The fourth-order valence-electron chi connectivity index (χ4n) is 4.17. The average Bonchev–Trinajstić information content (AvgIpc) is 3.47. The molecule has 0 aromatic carbocycles. The molecule has 1 saturated heterocycles. The molecular formula is C20H25N3O2. The van der Waals surface area contributed by atoms with Crippen LogP contribution in [0.2, 0.25) is 0 Å². The van der Waals surface area contributed by atoms with Crippen molar-refractivity contribution >= 4 is 11.8 Å². The van der Waals surface area contributed by atoms with Crippen molar-refractivity contribution in [3.8, 4) is 0 Å². The number of rotatable bonds is 5. The Bertz CT molecular complexity index is 696. The molecule has 3 aliphatic rings. The molecule has 132 valence electrons. The first kappa shape index (κ1) is 16.3. The van der Waals surface area contributed by atoms with Crippen LogP contribution >= 0.6 is 0 Å². The zero-order valence-corrected chi connectivity index (χ0v) is 14.5. The molecule has 25 heavy (non-hydrogen) atoms. The van der Waals surface area contributed by atoms with Crippen molar-refractivity contribution in [1.82, 2.24) is 15.2 Å². The van der Waals surface area contributed by atoms with Crippen molar-refractivity contribution in [3.63, 3.8) is 0 Å². The molecular weight excluding hydrogens is 314 g/mol. The van der Waals surface area contributed by atoms with Crippen LogP contribution in [0.3, 0.4) is 0 Å². The third kappa shape index (κ3) is 3.32. The summed E-state index contributed by atoms with van der Waals surface area (Å²) in [7, 11) is 0. The third-order valence-electron chi connectivity index (χ3n) is 5.82. The minimum Gasteiger partial charge on any atom is -0.351 e. The Morgan fingerprint density at radius 2 is 2.08 bits per heavy atom. The van der Waals surface area contributed by atoms with Crippen LogP contribution < -0.4 is 5.32 Å². The molecule has 1 unspecified atom stereocenters. The summed E-state index contributed by atoms with van der Waals surface area (Å²) in [6.45, 7) is 1.47. The van der Waals surface area contributed by atoms with E-state index in [4.69, 9.17) is 0 Å². The fourth-order valence-corrected chi connectivity index (χ4v) is 4.17. The van der Waals surface area contributed by atoms with Crippen LogP contribution in [-0.2, 0) is 4.79 Å². The number of piperidine rings is 1. The molecule has 2 aliphatic carbocycles. The number of amides is 2. The summed E-state index contributed by atoms with van der Waals surface area (Å²) in [4.78, 5) is 31.0. The molecule has 1 aliphatic heterocycles. The van der Waals surface area contributed by atoms with Crippen LogP contribution in [0.25, 0.3) is 0 Å². The van der Waals surface area contributed by atoms with Crippen molar-refractivity contribution < 1.29 is 9.59 Å². The van der Waals surface area contributed by atoms with E-state index in [1.807, 2.05) is 4.90 Å². The van der Waals surface area contributed by atoms with E-state index in [1.54, 1.807) is 24.5 Å². The summed E-state index contributed by atoms with van der Waals surface area (Å²) in [5.74, 6) is 0.873. The van der Waals surface area contributed by atoms with Crippen LogP contribution in [0.4, 0.5) is 0 Å². The molecule has 0 spiro atoms. The highest BCUT2D eigenvalue weighted by atomic mass is 16.2. The predicted molar refractivity (Wildman–Crippen MR) is 94.6 cm³/mol. The van der Waals surface area contributed by atoms with E-state index >= 15 is 0 Å². The van der Waals surface area contributed by atoms with E-state index < -0.39 is 0 Å². The molecule has 0 radical (unpaired) electrons. The minimum atomic E-state index is -0.0796. The first-order valence-electron chi connectivity index (χ1n) is 9.37. The van der Waals surface area contributed by atoms with Gasteiger partial charge in [0.05, 0.1) is 0 Å². The average molecular weight is 339 g/mol. The highest BCUT2D eigenvalue weighted by Crippen LogP contribution is 2.47. The van der Waals surface area contributed by atoms with E-state index in [2.05, 4.69) is 16.4 Å². The number of hydrogen-bond donors (Lipinski definition) is 1. The number of hydrogen-bond acceptors (Lipinski definition) is 3. The number of nitrogens with zero attached hydrogens (tertiary/aromatic N) is 2. The lowest BCUT2D eigenvalue weighted by Crippen LogP contribution is -2.51. The molecule has 1 atom stereocenters. The summed E-state index contributed by atoms with van der Waals surface area (Å²) in [5.41, 5.74) is 1.73. The van der Waals surface area contributed by atoms with E-state index in [9.17, 15) is 9.59 Å². The SMILES string of the molecule is O=C(NCC12CCCC=C1N(CC1CC1)C(=O)CC2)c1ccncc1. The van der Waals surface area contributed by atoms with Crippen molar-refractivity contribution in [2.75, 3.05) is 13.1 Å². The number of fused-ring (bicyclic) bond motifs is 1. The first-order valence-corrected chi connectivity index (χ1v) is 9.37. The molecule has 5 nitrogen and oxygen atoms in total. The number of pyridine rings is 1. The topological polar surface area (TPSA) is 62.3 Å². The highest BCUT2D eigenvalue weighted by Gasteiger charge is 2.45. The number of nitrogens with one attached hydrogen (secondary N) is 1. The van der Waals surface area contributed by atoms with Crippen LogP contribution in [0.1, 0.15) is 55.3 Å². The number of likely N-dealkylation sites (tertiary alicyclic amines) is 1. The number of carbonyl (C=O) groups excluding carboxylic acids is 2. The summed E-state index contributed by atoms with van der Waals surface area (Å²) >= 11 is 0. The quantitative estimate of drug-likeness (QED) is 0.897. The summed E-state index contributed by atoms with van der Waals surface area (Å²) in [6, 6.07) is 3.46. The van der Waals surface area contributed by atoms with E-state index in [-0.39, 0.29) is 17.2 Å². The molecule has 2 heterocycles. The van der Waals surface area contributed by atoms with Crippen LogP contribution in [0.5, 0.6) is 0 Å². The van der Waals surface area contributed by atoms with Gasteiger partial charge in [-0.2, -0.15) is 0 Å². The Morgan fingerprint density at radius 3 is 2.84 bits per heavy atom. The predicted octanol–water partition coefficient (Wildman–Crippen LogP) is 2.90. The largest absolute Gasteiger partial charge is 0.351 e. The lowest BCUT2D eigenvalue weighted by molar-refractivity contribution is -0.134. The van der Waals surface area contributed by atoms with E-state index in [1.165, 1.54) is 18.5 Å². The van der Waals surface area contributed by atoms with Gasteiger partial charge in [0.2, 0.25) is 5.91 Å². The van der Waals surface area contributed by atoms with Gasteiger partial charge >= 0.3 is 0 Å². The van der Waals surface area contributed by atoms with Gasteiger partial charge in [-0.1, -0.05) is 6.08 Å². The molecule has 1 aromatic heterocycles. The number of aromatic nitrogens is 1. The van der Waals surface area contributed by atoms with Crippen molar-refractivity contribution in [3.05, 3.63) is 41.9 Å². The second kappa shape index (κ2) is 6.62. The molecule has 0 bridgehead atoms. The van der Waals surface area contributed by atoms with Gasteiger partial charge in [-0.25, -0.2) is 0 Å². The van der Waals surface area contributed by atoms with Gasteiger partial charge in [-0.05, 0) is 56.6 Å². The van der Waals surface area contributed by atoms with Crippen molar-refractivity contribution in [2.45, 2.75) is 44.9 Å². The Morgan fingerprint density at radius 1 is 1.28 bits per heavy atom. The van der Waals surface area contributed by atoms with Gasteiger partial charge in [0, 0.05) is 48.6 Å². The normalized spacial score (nSPS) is 26.0. The standard InChI is InChI=1S/C20H25N3O2/c24-18-6-10-20(14-22-19(25)16-7-11-21-12-8-16)9-2-1-3-17(20)23(18)13-15-4-5-15/h3,7-8,11-12,15H,1-2,4-6,9-10,13-14H2,(H,22,25). The molecule has 4 rings (SSSR count). The van der Waals surface area contributed by atoms with E-state index in [0.29, 0.717) is 24.4 Å². The molecule has 5 heteroatoms. The summed E-state index contributed by atoms with van der Waals surface area (Å²) in [5, 5.41) is 3.12. The molecule has 1 aromatic rings. The van der Waals surface area contributed by atoms with Gasteiger partial charge in [0.25, 0.3) is 5.91 Å². The monoisotopic (exact) mass is 339 g/mol. The maximum atomic E-state index is 12.5. The second-order valence-electron chi connectivity index (χ2n) is 7.63. The first-order chi connectivity index (χ1) is 12.2. The highest BCUT2D eigenvalue weighted by molar-refractivity contribution is 5.94. The fraction of sp³-hybridized carbons (Fsp3) is 0.550. The minimum absolute atomic E-state index is 0.0626. The third-order valence-corrected chi connectivity index (χ3v) is 5.82. The van der Waals surface area contributed by atoms with Crippen molar-refractivity contribution in [1.29, 1.82) is 0 Å². The lowest BCUT2D eigenvalue weighted by Gasteiger charge is -2.47. The molecule has 1 N–H and O–H groups in total. The zero-order valence-electron chi connectivity index (χ0n) is 14.5. The number of allylic oxidation sites excluding steroid dienone is 1. The second-order valence-corrected chi connectivity index (χ2v) is 7.63. The van der Waals surface area contributed by atoms with Gasteiger partial charge in [0.15, 0.2) is 0 Å². The van der Waals surface area contributed by atoms with Crippen molar-refractivity contribution in [2.24, 2.45) is 11.3 Å². The maximum Gasteiger partial charge on any atom is 0.251 e. The van der Waals surface area contributed by atoms with Crippen LogP contribution in [0.15, 0.2) is 36.3 Å². The Labute approximate surface area is 148 Å². The smallest absolute Gasteiger partial charge is 0.251 e. The number of carbonyl (C=O) groups is 2. The Balaban J connectivity index is 1.51. The lowest BCUT2D eigenvalue weighted by atomic mass is 9.69. The summed E-state index contributed by atoms with van der Waals surface area (Å²) in [6.07, 6.45) is 12.6. The Hall–Kier alpha value is -2.17. The maximum absolute atomic E-state index is 12.5. The molecule has 2 fully saturated rings. The van der Waals surface area contributed by atoms with Gasteiger partial charge < -0.3 is 10.2 Å². The van der Waals surface area contributed by atoms with Crippen LogP contribution in [0, 0.1) is 11.3 Å². The van der Waals surface area contributed by atoms with Gasteiger partial charge in [0.1, 0.15) is 0 Å². The van der Waals surface area contributed by atoms with E-state index in [0.717, 1.165) is 32.2 Å². The van der Waals surface area contributed by atoms with Crippen LogP contribution in [-0.4, -0.2) is 34.8 Å². The molecule has 2 amide bonds.